The van der Waals surface area contributed by atoms with Gasteiger partial charge in [-0.1, -0.05) is 35.0 Å². The first-order chi connectivity index (χ1) is 15.2. The van der Waals surface area contributed by atoms with E-state index in [1.54, 1.807) is 18.5 Å². The van der Waals surface area contributed by atoms with Crippen molar-refractivity contribution in [2.45, 2.75) is 47.4 Å². The summed E-state index contributed by atoms with van der Waals surface area (Å²) in [5, 5.41) is 0.446. The first-order valence-electron chi connectivity index (χ1n) is 10.2. The number of rotatable bonds is 3. The molecule has 3 aromatic rings. The largest absolute Gasteiger partial charge is 0.384 e. The summed E-state index contributed by atoms with van der Waals surface area (Å²) in [6, 6.07) is 1.18. The van der Waals surface area contributed by atoms with Crippen LogP contribution in [0.5, 0.6) is 0 Å². The van der Waals surface area contributed by atoms with Gasteiger partial charge in [-0.3, -0.25) is 4.40 Å². The van der Waals surface area contributed by atoms with Crippen molar-refractivity contribution in [2.24, 2.45) is 11.1 Å². The number of anilines is 2. The van der Waals surface area contributed by atoms with Crippen LogP contribution >= 0.6 is 35.0 Å². The van der Waals surface area contributed by atoms with E-state index in [1.165, 1.54) is 11.8 Å². The fraction of sp³-hybridized carbons (Fsp3) is 0.450. The van der Waals surface area contributed by atoms with E-state index in [2.05, 4.69) is 19.9 Å². The third kappa shape index (κ3) is 3.76. The molecule has 7 nitrogen and oxygen atoms in total. The number of nitrogens with two attached hydrogens (primary N) is 2. The van der Waals surface area contributed by atoms with Crippen molar-refractivity contribution in [1.82, 2.24) is 19.4 Å². The summed E-state index contributed by atoms with van der Waals surface area (Å²) in [7, 11) is 0. The lowest BCUT2D eigenvalue weighted by molar-refractivity contribution is -0.00685. The summed E-state index contributed by atoms with van der Waals surface area (Å²) >= 11 is 13.7. The lowest BCUT2D eigenvalue weighted by Crippen LogP contribution is -2.47. The van der Waals surface area contributed by atoms with Gasteiger partial charge in [-0.2, -0.15) is 0 Å². The molecule has 0 aromatic carbocycles. The Morgan fingerprint density at radius 3 is 2.59 bits per heavy atom. The molecule has 1 aliphatic carbocycles. The first kappa shape index (κ1) is 21.9. The Hall–Kier alpha value is -1.88. The minimum absolute atomic E-state index is 0.128. The Balaban J connectivity index is 1.40. The second kappa shape index (κ2) is 7.86. The molecule has 1 aliphatic heterocycles. The van der Waals surface area contributed by atoms with E-state index in [-0.39, 0.29) is 23.8 Å². The Labute approximate surface area is 197 Å². The van der Waals surface area contributed by atoms with Crippen LogP contribution in [0.1, 0.15) is 25.7 Å². The SMILES string of the molecule is Nc1cc(Sc2cnc(N3CCC4(CC3)CC(F)(F)C[C@H]4N)n3ccnc23)c(Cl)c(Cl)n1. The van der Waals surface area contributed by atoms with E-state index >= 15 is 0 Å². The van der Waals surface area contributed by atoms with Crippen molar-refractivity contribution in [3.05, 3.63) is 34.8 Å². The highest BCUT2D eigenvalue weighted by Crippen LogP contribution is 2.52. The van der Waals surface area contributed by atoms with Gasteiger partial charge in [-0.05, 0) is 24.3 Å². The van der Waals surface area contributed by atoms with Crippen LogP contribution in [0.15, 0.2) is 34.4 Å². The van der Waals surface area contributed by atoms with Gasteiger partial charge in [0.2, 0.25) is 11.9 Å². The summed E-state index contributed by atoms with van der Waals surface area (Å²) in [5.74, 6) is -1.69. The van der Waals surface area contributed by atoms with Gasteiger partial charge in [0.1, 0.15) is 5.82 Å². The highest BCUT2D eigenvalue weighted by atomic mass is 35.5. The van der Waals surface area contributed by atoms with Gasteiger partial charge < -0.3 is 16.4 Å². The minimum Gasteiger partial charge on any atom is -0.384 e. The molecule has 4 heterocycles. The van der Waals surface area contributed by atoms with Gasteiger partial charge in [-0.15, -0.1) is 0 Å². The smallest absolute Gasteiger partial charge is 0.250 e. The normalized spacial score (nSPS) is 22.2. The highest BCUT2D eigenvalue weighted by molar-refractivity contribution is 7.99. The molecular weight excluding hydrogens is 479 g/mol. The van der Waals surface area contributed by atoms with Crippen molar-refractivity contribution >= 4 is 52.4 Å². The lowest BCUT2D eigenvalue weighted by atomic mass is 9.74. The number of fused-ring (bicyclic) bond motifs is 1. The molecule has 1 saturated carbocycles. The highest BCUT2D eigenvalue weighted by Gasteiger charge is 2.55. The third-order valence-corrected chi connectivity index (χ3v) is 8.37. The van der Waals surface area contributed by atoms with E-state index in [9.17, 15) is 8.78 Å². The fourth-order valence-electron chi connectivity index (χ4n) is 4.83. The summed E-state index contributed by atoms with van der Waals surface area (Å²) < 4.78 is 29.8. The zero-order valence-corrected chi connectivity index (χ0v) is 19.3. The molecule has 1 saturated heterocycles. The number of aromatic nitrogens is 4. The van der Waals surface area contributed by atoms with E-state index in [1.807, 2.05) is 10.6 Å². The van der Waals surface area contributed by atoms with Crippen molar-refractivity contribution in [2.75, 3.05) is 23.7 Å². The van der Waals surface area contributed by atoms with Crippen LogP contribution in [0.2, 0.25) is 10.2 Å². The van der Waals surface area contributed by atoms with E-state index < -0.39 is 17.4 Å². The van der Waals surface area contributed by atoms with Crippen molar-refractivity contribution in [1.29, 1.82) is 0 Å². The maximum Gasteiger partial charge on any atom is 0.250 e. The van der Waals surface area contributed by atoms with Crippen LogP contribution in [-0.2, 0) is 0 Å². The van der Waals surface area contributed by atoms with Crippen molar-refractivity contribution in [3.8, 4) is 0 Å². The fourth-order valence-corrected chi connectivity index (χ4v) is 6.25. The number of halogens is 4. The van der Waals surface area contributed by atoms with Gasteiger partial charge in [0.15, 0.2) is 10.8 Å². The number of imidazole rings is 1. The first-order valence-corrected chi connectivity index (χ1v) is 11.7. The molecule has 32 heavy (non-hydrogen) atoms. The maximum atomic E-state index is 14.0. The topological polar surface area (TPSA) is 98.4 Å². The zero-order valence-electron chi connectivity index (χ0n) is 16.9. The average Bonchev–Trinajstić information content (AvgIpc) is 3.30. The lowest BCUT2D eigenvalue weighted by Gasteiger charge is -2.42. The monoisotopic (exact) mass is 499 g/mol. The van der Waals surface area contributed by atoms with Crippen LogP contribution in [0.25, 0.3) is 5.65 Å². The van der Waals surface area contributed by atoms with Crippen molar-refractivity contribution < 1.29 is 8.78 Å². The molecule has 170 valence electrons. The quantitative estimate of drug-likeness (QED) is 0.511. The maximum absolute atomic E-state index is 14.0. The number of nitrogen functional groups attached to an aromatic ring is 1. The van der Waals surface area contributed by atoms with Gasteiger partial charge in [0.25, 0.3) is 0 Å². The number of alkyl halides is 2. The molecule has 5 rings (SSSR count). The standard InChI is InChI=1S/C20H21Cl2F2N7S/c21-15-11(7-14(26)29-16(15)22)32-12-9-28-18(31-6-3-27-17(12)31)30-4-1-19(2-5-30)10-20(23,24)8-13(19)25/h3,6-7,9,13H,1-2,4-5,8,10,25H2,(H2,26,29)/t13-/m1/s1. The number of nitrogens with zero attached hydrogens (tertiary/aromatic N) is 5. The number of pyridine rings is 1. The van der Waals surface area contributed by atoms with E-state index in [4.69, 9.17) is 34.7 Å². The van der Waals surface area contributed by atoms with Crippen LogP contribution < -0.4 is 16.4 Å². The van der Waals surface area contributed by atoms with Gasteiger partial charge in [0, 0.05) is 55.5 Å². The average molecular weight is 500 g/mol. The molecule has 0 unspecified atom stereocenters. The van der Waals surface area contributed by atoms with Crippen molar-refractivity contribution in [3.63, 3.8) is 0 Å². The van der Waals surface area contributed by atoms with Gasteiger partial charge in [-0.25, -0.2) is 23.7 Å². The molecule has 2 fully saturated rings. The molecule has 3 aromatic heterocycles. The Kier molecular flexibility index (Phi) is 5.39. The second-order valence-corrected chi connectivity index (χ2v) is 10.3. The Morgan fingerprint density at radius 1 is 1.16 bits per heavy atom. The number of hydrogen-bond donors (Lipinski definition) is 2. The predicted octanol–water partition coefficient (Wildman–Crippen LogP) is 4.51. The van der Waals surface area contributed by atoms with Crippen LogP contribution in [0.3, 0.4) is 0 Å². The molecule has 0 radical (unpaired) electrons. The Bertz CT molecular complexity index is 1180. The molecule has 12 heteroatoms. The second-order valence-electron chi connectivity index (χ2n) is 8.49. The summed E-state index contributed by atoms with van der Waals surface area (Å²) in [5.41, 5.74) is 12.1. The Morgan fingerprint density at radius 2 is 1.91 bits per heavy atom. The molecule has 0 amide bonds. The number of piperidine rings is 1. The van der Waals surface area contributed by atoms with Gasteiger partial charge in [0.05, 0.1) is 9.92 Å². The van der Waals surface area contributed by atoms with Crippen LogP contribution in [0.4, 0.5) is 20.5 Å². The predicted molar refractivity (Wildman–Crippen MR) is 122 cm³/mol. The van der Waals surface area contributed by atoms with E-state index in [0.717, 1.165) is 4.90 Å². The molecular formula is C20H21Cl2F2N7S. The summed E-state index contributed by atoms with van der Waals surface area (Å²) in [6.45, 7) is 1.22. The number of hydrogen-bond acceptors (Lipinski definition) is 7. The van der Waals surface area contributed by atoms with Crippen LogP contribution in [-0.4, -0.2) is 44.4 Å². The summed E-state index contributed by atoms with van der Waals surface area (Å²) in [4.78, 5) is 16.6. The van der Waals surface area contributed by atoms with Gasteiger partial charge >= 0.3 is 0 Å². The third-order valence-electron chi connectivity index (χ3n) is 6.46. The van der Waals surface area contributed by atoms with E-state index in [0.29, 0.717) is 47.4 Å². The zero-order chi connectivity index (χ0) is 22.7. The summed E-state index contributed by atoms with van der Waals surface area (Å²) in [6.07, 6.45) is 6.12. The minimum atomic E-state index is -2.67. The molecule has 1 spiro atoms. The molecule has 0 bridgehead atoms. The molecule has 4 N–H and O–H groups in total. The van der Waals surface area contributed by atoms with Crippen LogP contribution in [0, 0.1) is 5.41 Å². The molecule has 2 aliphatic rings. The molecule has 1 atom stereocenters.